The Hall–Kier alpha value is -3.84. The molecule has 4 heterocycles. The zero-order valence-corrected chi connectivity index (χ0v) is 17.4. The summed E-state index contributed by atoms with van der Waals surface area (Å²) in [7, 11) is 0. The highest BCUT2D eigenvalue weighted by Gasteiger charge is 2.22. The van der Waals surface area contributed by atoms with Crippen molar-refractivity contribution in [1.29, 1.82) is 0 Å². The van der Waals surface area contributed by atoms with Gasteiger partial charge in [-0.15, -0.1) is 11.3 Å². The van der Waals surface area contributed by atoms with Crippen molar-refractivity contribution in [3.8, 4) is 50.5 Å². The number of rotatable bonds is 4. The zero-order chi connectivity index (χ0) is 20.8. The van der Waals surface area contributed by atoms with E-state index in [2.05, 4.69) is 46.3 Å². The van der Waals surface area contributed by atoms with Gasteiger partial charge in [0.2, 0.25) is 12.6 Å². The minimum absolute atomic E-state index is 0.230. The molecule has 0 aliphatic carbocycles. The van der Waals surface area contributed by atoms with Crippen LogP contribution in [0.4, 0.5) is 0 Å². The van der Waals surface area contributed by atoms with Crippen molar-refractivity contribution >= 4 is 11.3 Å². The highest BCUT2D eigenvalue weighted by Crippen LogP contribution is 2.41. The molecule has 6 rings (SSSR count). The fraction of sp³-hybridized carbons (Fsp3) is 0.0833. The van der Waals surface area contributed by atoms with E-state index < -0.39 is 0 Å². The van der Waals surface area contributed by atoms with E-state index >= 15 is 0 Å². The lowest BCUT2D eigenvalue weighted by molar-refractivity contribution is 0.174. The van der Waals surface area contributed by atoms with Crippen LogP contribution < -0.4 is 9.47 Å². The van der Waals surface area contributed by atoms with Gasteiger partial charge in [-0.1, -0.05) is 35.0 Å². The molecule has 0 N–H and O–H groups in total. The predicted molar refractivity (Wildman–Crippen MR) is 119 cm³/mol. The minimum Gasteiger partial charge on any atom is -0.454 e. The Morgan fingerprint density at radius 1 is 0.935 bits per heavy atom. The molecule has 0 saturated heterocycles. The predicted octanol–water partition coefficient (Wildman–Crippen LogP) is 5.96. The molecule has 6 nitrogen and oxygen atoms in total. The van der Waals surface area contributed by atoms with Gasteiger partial charge in [-0.2, -0.15) is 4.98 Å². The summed E-state index contributed by atoms with van der Waals surface area (Å²) in [6, 6.07) is 18.1. The molecule has 1 aliphatic rings. The summed E-state index contributed by atoms with van der Waals surface area (Å²) < 4.78 is 18.7. The minimum atomic E-state index is 0.230. The number of hydrogen-bond donors (Lipinski definition) is 0. The first-order chi connectivity index (χ1) is 15.3. The largest absolute Gasteiger partial charge is 0.454 e. The van der Waals surface area contributed by atoms with Crippen LogP contribution in [0.1, 0.15) is 5.56 Å². The summed E-state index contributed by atoms with van der Waals surface area (Å²) in [5.41, 5.74) is 5.34. The molecule has 2 aromatic carbocycles. The number of aryl methyl sites for hydroxylation is 1. The number of ether oxygens (including phenoxy) is 2. The van der Waals surface area contributed by atoms with E-state index in [0.29, 0.717) is 17.5 Å². The van der Waals surface area contributed by atoms with Gasteiger partial charge in [-0.3, -0.25) is 0 Å². The molecule has 31 heavy (non-hydrogen) atoms. The number of thiophene rings is 1. The second-order valence-corrected chi connectivity index (χ2v) is 8.16. The molecule has 0 atom stereocenters. The summed E-state index contributed by atoms with van der Waals surface area (Å²) in [6.07, 6.45) is 4.06. The van der Waals surface area contributed by atoms with Crippen molar-refractivity contribution in [3.63, 3.8) is 0 Å². The van der Waals surface area contributed by atoms with Gasteiger partial charge in [-0.05, 0) is 42.8 Å². The molecule has 152 valence electrons. The Bertz CT molecular complexity index is 1390. The molecule has 0 fully saturated rings. The molecule has 3 aromatic heterocycles. The van der Waals surface area contributed by atoms with Crippen molar-refractivity contribution in [2.45, 2.75) is 6.92 Å². The summed E-state index contributed by atoms with van der Waals surface area (Å²) >= 11 is 1.60. The molecule has 0 amide bonds. The first kappa shape index (κ1) is 18.0. The highest BCUT2D eigenvalue weighted by atomic mass is 32.1. The van der Waals surface area contributed by atoms with Crippen molar-refractivity contribution in [2.75, 3.05) is 6.79 Å². The maximum absolute atomic E-state index is 5.70. The first-order valence-corrected chi connectivity index (χ1v) is 10.7. The summed E-state index contributed by atoms with van der Waals surface area (Å²) in [5, 5.41) is 6.36. The normalized spacial score (nSPS) is 12.4. The van der Waals surface area contributed by atoms with Crippen LogP contribution in [0.2, 0.25) is 0 Å². The third kappa shape index (κ3) is 3.10. The third-order valence-electron chi connectivity index (χ3n) is 5.21. The molecule has 1 aliphatic heterocycles. The van der Waals surface area contributed by atoms with Crippen LogP contribution in [0.5, 0.6) is 11.5 Å². The van der Waals surface area contributed by atoms with Gasteiger partial charge in [0.15, 0.2) is 11.5 Å². The Labute approximate surface area is 182 Å². The molecule has 0 unspecified atom stereocenters. The average Bonchev–Trinajstić information content (AvgIpc) is 3.59. The topological polar surface area (TPSA) is 62.3 Å². The van der Waals surface area contributed by atoms with E-state index in [-0.39, 0.29) is 6.79 Å². The fourth-order valence-corrected chi connectivity index (χ4v) is 4.72. The molecule has 0 radical (unpaired) electrons. The SMILES string of the molecule is Cc1cccc(-c2csc(-c3nc(-c4ccc5c(c4)OCO5)no3)c2-n2cccc2)c1. The Kier molecular flexibility index (Phi) is 4.14. The lowest BCUT2D eigenvalue weighted by Crippen LogP contribution is -1.93. The molecular weight excluding hydrogens is 410 g/mol. The van der Waals surface area contributed by atoms with Gasteiger partial charge in [0, 0.05) is 28.9 Å². The highest BCUT2D eigenvalue weighted by molar-refractivity contribution is 7.14. The van der Waals surface area contributed by atoms with E-state index in [1.165, 1.54) is 5.56 Å². The lowest BCUT2D eigenvalue weighted by atomic mass is 10.0. The van der Waals surface area contributed by atoms with Crippen LogP contribution in [-0.2, 0) is 0 Å². The monoisotopic (exact) mass is 427 g/mol. The number of nitrogens with zero attached hydrogens (tertiary/aromatic N) is 3. The van der Waals surface area contributed by atoms with Gasteiger partial charge in [0.25, 0.3) is 5.89 Å². The van der Waals surface area contributed by atoms with Crippen LogP contribution in [0, 0.1) is 6.92 Å². The fourth-order valence-electron chi connectivity index (χ4n) is 3.73. The van der Waals surface area contributed by atoms with Crippen molar-refractivity contribution in [3.05, 3.63) is 77.9 Å². The van der Waals surface area contributed by atoms with Crippen LogP contribution in [0.25, 0.3) is 39.0 Å². The number of hydrogen-bond acceptors (Lipinski definition) is 6. The standard InChI is InChI=1S/C24H17N3O3S/c1-15-5-4-6-16(11-15)18-13-31-22(21(18)27-9-2-3-10-27)24-25-23(26-30-24)17-7-8-19-20(12-17)29-14-28-19/h2-13H,14H2,1H3. The van der Waals surface area contributed by atoms with Gasteiger partial charge in [-0.25, -0.2) is 0 Å². The van der Waals surface area contributed by atoms with Gasteiger partial charge >= 0.3 is 0 Å². The third-order valence-corrected chi connectivity index (χ3v) is 6.16. The van der Waals surface area contributed by atoms with E-state index in [1.807, 2.05) is 42.7 Å². The van der Waals surface area contributed by atoms with E-state index in [9.17, 15) is 0 Å². The van der Waals surface area contributed by atoms with Crippen molar-refractivity contribution < 1.29 is 14.0 Å². The van der Waals surface area contributed by atoms with E-state index in [1.54, 1.807) is 11.3 Å². The number of aromatic nitrogens is 3. The summed E-state index contributed by atoms with van der Waals surface area (Å²) in [4.78, 5) is 5.62. The molecule has 7 heteroatoms. The molecule has 5 aromatic rings. The Morgan fingerprint density at radius 3 is 2.68 bits per heavy atom. The lowest BCUT2D eigenvalue weighted by Gasteiger charge is -2.08. The first-order valence-electron chi connectivity index (χ1n) is 9.82. The van der Waals surface area contributed by atoms with Crippen LogP contribution >= 0.6 is 11.3 Å². The Balaban J connectivity index is 1.46. The molecule has 0 spiro atoms. The van der Waals surface area contributed by atoms with Crippen molar-refractivity contribution in [2.24, 2.45) is 0 Å². The van der Waals surface area contributed by atoms with Crippen LogP contribution in [0.15, 0.2) is 76.9 Å². The quantitative estimate of drug-likeness (QED) is 0.354. The van der Waals surface area contributed by atoms with E-state index in [0.717, 1.165) is 33.0 Å². The maximum Gasteiger partial charge on any atom is 0.270 e. The molecule has 0 saturated carbocycles. The maximum atomic E-state index is 5.70. The Morgan fingerprint density at radius 2 is 1.81 bits per heavy atom. The number of benzene rings is 2. The van der Waals surface area contributed by atoms with Gasteiger partial charge < -0.3 is 18.6 Å². The molecular formula is C24H17N3O3S. The zero-order valence-electron chi connectivity index (χ0n) is 16.6. The molecule has 0 bridgehead atoms. The van der Waals surface area contributed by atoms with Crippen LogP contribution in [-0.4, -0.2) is 21.5 Å². The average molecular weight is 427 g/mol. The second kappa shape index (κ2) is 7.14. The summed E-state index contributed by atoms with van der Waals surface area (Å²) in [5.74, 6) is 2.41. The number of fused-ring (bicyclic) bond motifs is 1. The smallest absolute Gasteiger partial charge is 0.270 e. The van der Waals surface area contributed by atoms with Crippen LogP contribution in [0.3, 0.4) is 0 Å². The van der Waals surface area contributed by atoms with Gasteiger partial charge in [0.05, 0.1) is 5.69 Å². The summed E-state index contributed by atoms with van der Waals surface area (Å²) in [6.45, 7) is 2.33. The van der Waals surface area contributed by atoms with Crippen molar-refractivity contribution in [1.82, 2.24) is 14.7 Å². The van der Waals surface area contributed by atoms with E-state index in [4.69, 9.17) is 19.0 Å². The second-order valence-electron chi connectivity index (χ2n) is 7.28. The van der Waals surface area contributed by atoms with Gasteiger partial charge in [0.1, 0.15) is 4.88 Å².